The van der Waals surface area contributed by atoms with Crippen molar-refractivity contribution in [2.45, 2.75) is 50.7 Å². The Hall–Kier alpha value is -0.580. The van der Waals surface area contributed by atoms with Crippen LogP contribution in [0.3, 0.4) is 0 Å². The number of hydrogen-bond acceptors (Lipinski definition) is 3. The molecule has 1 fully saturated rings. The van der Waals surface area contributed by atoms with E-state index in [1.807, 2.05) is 18.2 Å². The zero-order valence-corrected chi connectivity index (χ0v) is 13.8. The summed E-state index contributed by atoms with van der Waals surface area (Å²) < 4.78 is 17.1. The van der Waals surface area contributed by atoms with Crippen molar-refractivity contribution in [1.82, 2.24) is 0 Å². The third-order valence-electron chi connectivity index (χ3n) is 3.47. The molecule has 0 amide bonds. The Morgan fingerprint density at radius 3 is 2.60 bits per heavy atom. The first kappa shape index (κ1) is 15.8. The van der Waals surface area contributed by atoms with Gasteiger partial charge in [-0.05, 0) is 50.5 Å². The Bertz CT molecular complexity index is 485. The highest BCUT2D eigenvalue weighted by Crippen LogP contribution is 2.26. The van der Waals surface area contributed by atoms with Gasteiger partial charge in [-0.25, -0.2) is 0 Å². The maximum absolute atomic E-state index is 11.4. The average molecular weight is 316 g/mol. The van der Waals surface area contributed by atoms with Crippen LogP contribution in [0.5, 0.6) is 0 Å². The highest BCUT2D eigenvalue weighted by atomic mass is 35.5. The summed E-state index contributed by atoms with van der Waals surface area (Å²) in [6.07, 6.45) is 4.26. The van der Waals surface area contributed by atoms with Crippen molar-refractivity contribution >= 4 is 28.1 Å². The monoisotopic (exact) mass is 315 g/mol. The summed E-state index contributed by atoms with van der Waals surface area (Å²) in [5.74, 6) is 0.495. The van der Waals surface area contributed by atoms with E-state index in [0.717, 1.165) is 24.1 Å². The zero-order valence-electron chi connectivity index (χ0n) is 12.2. The smallest absolute Gasteiger partial charge is 0.0570 e. The van der Waals surface area contributed by atoms with Crippen LogP contribution in [0, 0.1) is 0 Å². The zero-order chi connectivity index (χ0) is 14.7. The van der Waals surface area contributed by atoms with Gasteiger partial charge in [0.1, 0.15) is 0 Å². The number of benzene rings is 1. The van der Waals surface area contributed by atoms with E-state index in [1.165, 1.54) is 0 Å². The molecule has 3 nitrogen and oxygen atoms in total. The Balaban J connectivity index is 2.07. The van der Waals surface area contributed by atoms with E-state index < -0.39 is 10.8 Å². The van der Waals surface area contributed by atoms with Crippen LogP contribution in [-0.4, -0.2) is 28.7 Å². The quantitative estimate of drug-likeness (QED) is 0.923. The van der Waals surface area contributed by atoms with Crippen LogP contribution in [0.2, 0.25) is 5.02 Å². The molecule has 1 N–H and O–H groups in total. The Morgan fingerprint density at radius 2 is 2.00 bits per heavy atom. The first-order valence-electron chi connectivity index (χ1n) is 6.94. The normalized spacial score (nSPS) is 28.1. The average Bonchev–Trinajstić information content (AvgIpc) is 2.31. The molecule has 1 heterocycles. The summed E-state index contributed by atoms with van der Waals surface area (Å²) in [5.41, 5.74) is 1.98. The highest BCUT2D eigenvalue weighted by Gasteiger charge is 2.24. The van der Waals surface area contributed by atoms with Crippen LogP contribution >= 0.6 is 11.6 Å². The van der Waals surface area contributed by atoms with Gasteiger partial charge in [-0.15, -0.1) is 0 Å². The maximum Gasteiger partial charge on any atom is 0.0570 e. The fourth-order valence-electron chi connectivity index (χ4n) is 2.75. The maximum atomic E-state index is 11.4. The van der Waals surface area contributed by atoms with Gasteiger partial charge in [0.15, 0.2) is 0 Å². The van der Waals surface area contributed by atoms with Crippen LogP contribution in [0.25, 0.3) is 0 Å². The van der Waals surface area contributed by atoms with Gasteiger partial charge in [-0.1, -0.05) is 11.6 Å². The number of halogens is 1. The predicted octanol–water partition coefficient (Wildman–Crippen LogP) is 3.59. The molecule has 0 spiro atoms. The van der Waals surface area contributed by atoms with Crippen LogP contribution in [0.15, 0.2) is 18.2 Å². The van der Waals surface area contributed by atoms with E-state index in [-0.39, 0.29) is 12.2 Å². The SMILES string of the molecule is CC1CC(Nc2ccc(Cl)c(CS(C)=O)c2)CC(C)O1. The number of anilines is 1. The van der Waals surface area contributed by atoms with E-state index >= 15 is 0 Å². The Morgan fingerprint density at radius 1 is 1.35 bits per heavy atom. The summed E-state index contributed by atoms with van der Waals surface area (Å²) in [6.45, 7) is 4.22. The van der Waals surface area contributed by atoms with Crippen LogP contribution < -0.4 is 5.32 Å². The molecule has 3 unspecified atom stereocenters. The Labute approximate surface area is 128 Å². The second kappa shape index (κ2) is 6.92. The highest BCUT2D eigenvalue weighted by molar-refractivity contribution is 7.83. The molecule has 0 bridgehead atoms. The van der Waals surface area contributed by atoms with Crippen molar-refractivity contribution in [3.63, 3.8) is 0 Å². The standard InChI is InChI=1S/C15H22ClNO2S/c1-10-6-14(7-11(2)19-10)17-13-4-5-15(16)12(8-13)9-20(3)18/h4-5,8,10-11,14,17H,6-7,9H2,1-3H3. The molecule has 1 aliphatic heterocycles. The summed E-state index contributed by atoms with van der Waals surface area (Å²) >= 11 is 6.15. The van der Waals surface area contributed by atoms with Crippen LogP contribution in [-0.2, 0) is 21.3 Å². The van der Waals surface area contributed by atoms with Gasteiger partial charge >= 0.3 is 0 Å². The molecule has 20 heavy (non-hydrogen) atoms. The van der Waals surface area contributed by atoms with Gasteiger partial charge in [0, 0.05) is 39.6 Å². The summed E-state index contributed by atoms with van der Waals surface area (Å²) in [4.78, 5) is 0. The third-order valence-corrected chi connectivity index (χ3v) is 4.56. The van der Waals surface area contributed by atoms with Crippen LogP contribution in [0.1, 0.15) is 32.3 Å². The largest absolute Gasteiger partial charge is 0.382 e. The topological polar surface area (TPSA) is 38.3 Å². The first-order chi connectivity index (χ1) is 9.44. The molecule has 1 aliphatic rings. The van der Waals surface area contributed by atoms with Gasteiger partial charge in [0.05, 0.1) is 12.2 Å². The number of hydrogen-bond donors (Lipinski definition) is 1. The molecule has 0 aliphatic carbocycles. The van der Waals surface area contributed by atoms with E-state index in [9.17, 15) is 4.21 Å². The lowest BCUT2D eigenvalue weighted by Gasteiger charge is -2.33. The molecule has 5 heteroatoms. The summed E-state index contributed by atoms with van der Waals surface area (Å²) in [7, 11) is -0.885. The fourth-order valence-corrected chi connectivity index (χ4v) is 3.69. The molecule has 112 valence electrons. The molecule has 2 rings (SSSR count). The second-order valence-electron chi connectivity index (χ2n) is 5.59. The minimum absolute atomic E-state index is 0.283. The van der Waals surface area contributed by atoms with Crippen molar-refractivity contribution in [2.75, 3.05) is 11.6 Å². The molecule has 1 aromatic rings. The lowest BCUT2D eigenvalue weighted by molar-refractivity contribution is -0.0337. The van der Waals surface area contributed by atoms with Gasteiger partial charge in [0.2, 0.25) is 0 Å². The van der Waals surface area contributed by atoms with Crippen molar-refractivity contribution < 1.29 is 8.95 Å². The number of rotatable bonds is 4. The second-order valence-corrected chi connectivity index (χ2v) is 7.44. The van der Waals surface area contributed by atoms with Gasteiger partial charge < -0.3 is 10.1 Å². The van der Waals surface area contributed by atoms with E-state index in [1.54, 1.807) is 6.26 Å². The molecule has 1 saturated heterocycles. The lowest BCUT2D eigenvalue weighted by atomic mass is 9.99. The molecule has 3 atom stereocenters. The minimum Gasteiger partial charge on any atom is -0.382 e. The molecular weight excluding hydrogens is 294 g/mol. The predicted molar refractivity (Wildman–Crippen MR) is 85.9 cm³/mol. The summed E-state index contributed by atoms with van der Waals surface area (Å²) in [5, 5.41) is 4.23. The molecule has 0 radical (unpaired) electrons. The molecule has 1 aromatic carbocycles. The Kier molecular flexibility index (Phi) is 5.47. The van der Waals surface area contributed by atoms with Crippen molar-refractivity contribution in [3.05, 3.63) is 28.8 Å². The van der Waals surface area contributed by atoms with Gasteiger partial charge in [-0.2, -0.15) is 0 Å². The minimum atomic E-state index is -0.885. The van der Waals surface area contributed by atoms with Crippen molar-refractivity contribution in [1.29, 1.82) is 0 Å². The fraction of sp³-hybridized carbons (Fsp3) is 0.600. The van der Waals surface area contributed by atoms with E-state index in [4.69, 9.17) is 16.3 Å². The molecular formula is C15H22ClNO2S. The van der Waals surface area contributed by atoms with Crippen LogP contribution in [0.4, 0.5) is 5.69 Å². The molecule has 0 saturated carbocycles. The van der Waals surface area contributed by atoms with Gasteiger partial charge in [0.25, 0.3) is 0 Å². The lowest BCUT2D eigenvalue weighted by Crippen LogP contribution is -2.36. The summed E-state index contributed by atoms with van der Waals surface area (Å²) in [6, 6.07) is 6.28. The third kappa shape index (κ3) is 4.47. The van der Waals surface area contributed by atoms with E-state index in [2.05, 4.69) is 19.2 Å². The number of nitrogens with one attached hydrogen (secondary N) is 1. The number of ether oxygens (including phenoxy) is 1. The van der Waals surface area contributed by atoms with Crippen molar-refractivity contribution in [2.24, 2.45) is 0 Å². The first-order valence-corrected chi connectivity index (χ1v) is 9.05. The van der Waals surface area contributed by atoms with E-state index in [0.29, 0.717) is 16.8 Å². The molecule has 0 aromatic heterocycles. The van der Waals surface area contributed by atoms with Gasteiger partial charge in [-0.3, -0.25) is 4.21 Å². The van der Waals surface area contributed by atoms with Crippen molar-refractivity contribution in [3.8, 4) is 0 Å².